The number of hydrogen-bond acceptors (Lipinski definition) is 6. The molecule has 9 heteroatoms. The molecule has 1 amide bonds. The van der Waals surface area contributed by atoms with Gasteiger partial charge in [-0.2, -0.15) is 0 Å². The van der Waals surface area contributed by atoms with Crippen LogP contribution in [0.5, 0.6) is 0 Å². The number of aryl methyl sites for hydroxylation is 2. The molecule has 140 valence electrons. The Balaban J connectivity index is 1.78. The summed E-state index contributed by atoms with van der Waals surface area (Å²) in [5.41, 5.74) is 2.59. The van der Waals surface area contributed by atoms with Gasteiger partial charge in [0.25, 0.3) is 5.91 Å². The lowest BCUT2D eigenvalue weighted by molar-refractivity contribution is 0.0954. The highest BCUT2D eigenvalue weighted by molar-refractivity contribution is 7.91. The first-order valence-corrected chi connectivity index (χ1v) is 11.0. The van der Waals surface area contributed by atoms with Crippen molar-refractivity contribution in [2.75, 3.05) is 5.75 Å². The maximum atomic E-state index is 12.6. The quantitative estimate of drug-likeness (QED) is 0.651. The molecule has 0 atom stereocenters. The second kappa shape index (κ2) is 7.40. The monoisotopic (exact) mass is 401 g/mol. The van der Waals surface area contributed by atoms with Crippen LogP contribution in [0.25, 0.3) is 10.2 Å². The maximum absolute atomic E-state index is 12.6. The Morgan fingerprint density at radius 1 is 1.19 bits per heavy atom. The van der Waals surface area contributed by atoms with Crippen molar-refractivity contribution in [3.8, 4) is 0 Å². The lowest BCUT2D eigenvalue weighted by atomic mass is 9.98. The number of thiophene rings is 1. The van der Waals surface area contributed by atoms with Crippen molar-refractivity contribution >= 4 is 50.7 Å². The third kappa shape index (κ3) is 3.89. The van der Waals surface area contributed by atoms with E-state index in [0.29, 0.717) is 22.1 Å². The first kappa shape index (κ1) is 19.5. The zero-order chi connectivity index (χ0) is 19.8. The number of fused-ring (bicyclic) bond motifs is 1. The number of rotatable bonds is 5. The van der Waals surface area contributed by atoms with E-state index in [1.165, 1.54) is 11.3 Å². The molecule has 27 heavy (non-hydrogen) atoms. The number of nitrogens with one attached hydrogen (secondary N) is 1. The molecule has 0 spiro atoms. The van der Waals surface area contributed by atoms with Crippen LogP contribution in [0.2, 0.25) is 0 Å². The molecule has 2 heterocycles. The number of benzene rings is 1. The van der Waals surface area contributed by atoms with Gasteiger partial charge in [0.15, 0.2) is 17.7 Å². The Kier molecular flexibility index (Phi) is 5.35. The van der Waals surface area contributed by atoms with Gasteiger partial charge in [0.2, 0.25) is 0 Å². The average Bonchev–Trinajstić information content (AvgIpc) is 2.96. The van der Waals surface area contributed by atoms with E-state index in [9.17, 15) is 13.2 Å². The van der Waals surface area contributed by atoms with Crippen molar-refractivity contribution < 1.29 is 13.2 Å². The first-order valence-electron chi connectivity index (χ1n) is 8.57. The fraction of sp³-hybridized carbons (Fsp3) is 0.278. The van der Waals surface area contributed by atoms with Crippen LogP contribution in [-0.2, 0) is 16.4 Å². The van der Waals surface area contributed by atoms with Crippen LogP contribution in [0.15, 0.2) is 29.2 Å². The molecule has 3 rings (SSSR count). The first-order chi connectivity index (χ1) is 12.7. The van der Waals surface area contributed by atoms with Crippen LogP contribution in [-0.4, -0.2) is 37.9 Å². The smallest absolute Gasteiger partial charge is 0.261 e. The molecule has 0 bridgehead atoms. The van der Waals surface area contributed by atoms with Gasteiger partial charge in [-0.3, -0.25) is 4.79 Å². The van der Waals surface area contributed by atoms with Crippen molar-refractivity contribution in [1.82, 2.24) is 15.3 Å². The summed E-state index contributed by atoms with van der Waals surface area (Å²) in [4.78, 5) is 23.2. The highest BCUT2D eigenvalue weighted by Gasteiger charge is 2.18. The number of carbonyl (C=O) groups is 1. The fourth-order valence-corrected chi connectivity index (χ4v) is 5.01. The van der Waals surface area contributed by atoms with Crippen LogP contribution in [0, 0.1) is 13.8 Å². The molecule has 0 fully saturated rings. The van der Waals surface area contributed by atoms with Gasteiger partial charge in [0.05, 0.1) is 15.5 Å². The van der Waals surface area contributed by atoms with E-state index in [1.54, 1.807) is 31.2 Å². The number of aromatic nitrogens is 2. The highest BCUT2D eigenvalue weighted by Crippen LogP contribution is 2.27. The number of amides is 1. The minimum absolute atomic E-state index is 0.0656. The van der Waals surface area contributed by atoms with Crippen LogP contribution in [0.1, 0.15) is 33.5 Å². The molecule has 0 aliphatic rings. The van der Waals surface area contributed by atoms with Crippen molar-refractivity contribution in [3.63, 3.8) is 0 Å². The minimum atomic E-state index is -3.22. The van der Waals surface area contributed by atoms with E-state index in [0.717, 1.165) is 26.9 Å². The molecule has 6 nitrogen and oxygen atoms in total. The van der Waals surface area contributed by atoms with E-state index >= 15 is 0 Å². The minimum Gasteiger partial charge on any atom is -0.347 e. The van der Waals surface area contributed by atoms with Crippen molar-refractivity contribution in [2.24, 2.45) is 0 Å². The van der Waals surface area contributed by atoms with E-state index in [2.05, 4.69) is 15.3 Å². The summed E-state index contributed by atoms with van der Waals surface area (Å²) in [6.07, 6.45) is 0. The van der Waals surface area contributed by atoms with Gasteiger partial charge in [0.1, 0.15) is 10.7 Å². The predicted octanol–water partition coefficient (Wildman–Crippen LogP) is 1.29. The van der Waals surface area contributed by atoms with E-state index < -0.39 is 9.84 Å². The molecule has 0 saturated carbocycles. The van der Waals surface area contributed by atoms with E-state index in [1.807, 2.05) is 21.7 Å². The molecule has 1 aromatic carbocycles. The van der Waals surface area contributed by atoms with Crippen molar-refractivity contribution in [3.05, 3.63) is 46.1 Å². The lowest BCUT2D eigenvalue weighted by Crippen LogP contribution is -2.22. The summed E-state index contributed by atoms with van der Waals surface area (Å²) in [7, 11) is -1.29. The van der Waals surface area contributed by atoms with Gasteiger partial charge in [-0.15, -0.1) is 11.3 Å². The molecule has 1 N–H and O–H groups in total. The van der Waals surface area contributed by atoms with Crippen LogP contribution < -0.4 is 10.9 Å². The van der Waals surface area contributed by atoms with Crippen molar-refractivity contribution in [2.45, 2.75) is 32.2 Å². The topological polar surface area (TPSA) is 89.0 Å². The largest absolute Gasteiger partial charge is 0.347 e. The zero-order valence-electron chi connectivity index (χ0n) is 15.7. The Labute approximate surface area is 163 Å². The van der Waals surface area contributed by atoms with Gasteiger partial charge < -0.3 is 5.32 Å². The Morgan fingerprint density at radius 3 is 2.48 bits per heavy atom. The Morgan fingerprint density at radius 2 is 1.85 bits per heavy atom. The van der Waals surface area contributed by atoms with Gasteiger partial charge in [-0.25, -0.2) is 18.4 Å². The molecule has 0 radical (unpaired) electrons. The third-order valence-electron chi connectivity index (χ3n) is 4.40. The highest BCUT2D eigenvalue weighted by atomic mass is 32.2. The molecule has 2 aromatic heterocycles. The third-order valence-corrected chi connectivity index (χ3v) is 7.34. The second-order valence-corrected chi connectivity index (χ2v) is 9.60. The molecule has 3 aromatic rings. The molecule has 0 aliphatic heterocycles. The number of carbonyl (C=O) groups excluding carboxylic acids is 1. The molecule has 0 unspecified atom stereocenters. The summed E-state index contributed by atoms with van der Waals surface area (Å²) in [5.74, 6) is 0.587. The average molecular weight is 401 g/mol. The Hall–Kier alpha value is -2.26. The van der Waals surface area contributed by atoms with E-state index in [4.69, 9.17) is 0 Å². The predicted molar refractivity (Wildman–Crippen MR) is 110 cm³/mol. The number of nitrogens with zero attached hydrogens (tertiary/aromatic N) is 2. The Bertz CT molecular complexity index is 1120. The van der Waals surface area contributed by atoms with Crippen LogP contribution in [0.3, 0.4) is 0 Å². The summed E-state index contributed by atoms with van der Waals surface area (Å²) in [5, 5.41) is 3.83. The van der Waals surface area contributed by atoms with Crippen LogP contribution >= 0.6 is 11.3 Å². The van der Waals surface area contributed by atoms with Gasteiger partial charge in [0, 0.05) is 17.5 Å². The summed E-state index contributed by atoms with van der Waals surface area (Å²) in [6.45, 7) is 5.68. The number of sulfone groups is 1. The molecular weight excluding hydrogens is 381 g/mol. The van der Waals surface area contributed by atoms with E-state index in [-0.39, 0.29) is 11.7 Å². The normalized spacial score (nSPS) is 11.7. The molecule has 0 saturated heterocycles. The van der Waals surface area contributed by atoms with Crippen molar-refractivity contribution in [1.29, 1.82) is 0 Å². The molecule has 0 aliphatic carbocycles. The summed E-state index contributed by atoms with van der Waals surface area (Å²) in [6, 6.07) is 6.60. The van der Waals surface area contributed by atoms with Gasteiger partial charge >= 0.3 is 0 Å². The van der Waals surface area contributed by atoms with Gasteiger partial charge in [-0.05, 0) is 37.1 Å². The molecular formula is C18H20BN3O3S2. The number of hydrogen-bond donors (Lipinski definition) is 1. The second-order valence-electron chi connectivity index (χ2n) is 6.32. The summed E-state index contributed by atoms with van der Waals surface area (Å²) >= 11 is 1.36. The lowest BCUT2D eigenvalue weighted by Gasteiger charge is -2.06. The SMILES string of the molecule is Bc1nc(C)nc2sc(C(=O)NCc3ccc(S(=O)(=O)CC)cc3)c(C)c12. The van der Waals surface area contributed by atoms with Crippen LogP contribution in [0.4, 0.5) is 0 Å². The fourth-order valence-electron chi connectivity index (χ4n) is 2.93. The standard InChI is InChI=1S/C18H20BN3O3S2/c1-4-27(24,25)13-7-5-12(6-8-13)9-20-17(23)15-10(2)14-16(19)21-11(3)22-18(14)26-15/h5-8H,4,9,19H2,1-3H3,(H,20,23). The zero-order valence-corrected chi connectivity index (χ0v) is 17.3. The summed E-state index contributed by atoms with van der Waals surface area (Å²) < 4.78 is 23.7. The van der Waals surface area contributed by atoms with Gasteiger partial charge in [-0.1, -0.05) is 19.1 Å². The maximum Gasteiger partial charge on any atom is 0.261 e.